The topological polar surface area (TPSA) is 34.1 Å². The van der Waals surface area contributed by atoms with E-state index in [2.05, 4.69) is 10.3 Å². The second-order valence-corrected chi connectivity index (χ2v) is 3.68. The number of ether oxygens (including phenoxy) is 1. The summed E-state index contributed by atoms with van der Waals surface area (Å²) in [6, 6.07) is 6.00. The number of rotatable bonds is 4. The zero-order valence-corrected chi connectivity index (χ0v) is 8.28. The Bertz CT molecular complexity index is 257. The molecule has 1 N–H and O–H groups in total. The Morgan fingerprint density at radius 3 is 3.21 bits per heavy atom. The molecule has 2 rings (SSSR count). The summed E-state index contributed by atoms with van der Waals surface area (Å²) in [6.45, 7) is 3.74. The fraction of sp³-hybridized carbons (Fsp3) is 0.545. The van der Waals surface area contributed by atoms with Gasteiger partial charge in [-0.3, -0.25) is 4.98 Å². The number of nitrogens with one attached hydrogen (secondary N) is 1. The molecule has 0 aliphatic carbocycles. The van der Waals surface area contributed by atoms with Gasteiger partial charge in [-0.05, 0) is 24.5 Å². The van der Waals surface area contributed by atoms with Crippen molar-refractivity contribution in [2.75, 3.05) is 19.8 Å². The molecular formula is C11H16N2O. The maximum Gasteiger partial charge on any atom is 0.0541 e. The van der Waals surface area contributed by atoms with Crippen molar-refractivity contribution < 1.29 is 4.74 Å². The van der Waals surface area contributed by atoms with Crippen molar-refractivity contribution in [3.63, 3.8) is 0 Å². The van der Waals surface area contributed by atoms with Gasteiger partial charge in [0.2, 0.25) is 0 Å². The summed E-state index contributed by atoms with van der Waals surface area (Å²) in [5.41, 5.74) is 1.10. The average molecular weight is 192 g/mol. The number of hydrogen-bond acceptors (Lipinski definition) is 3. The Morgan fingerprint density at radius 2 is 2.50 bits per heavy atom. The zero-order valence-electron chi connectivity index (χ0n) is 8.28. The van der Waals surface area contributed by atoms with E-state index < -0.39 is 0 Å². The number of pyridine rings is 1. The minimum absolute atomic E-state index is 0.693. The van der Waals surface area contributed by atoms with E-state index in [9.17, 15) is 0 Å². The largest absolute Gasteiger partial charge is 0.381 e. The highest BCUT2D eigenvalue weighted by Gasteiger charge is 2.14. The van der Waals surface area contributed by atoms with Crippen LogP contribution in [-0.2, 0) is 11.3 Å². The summed E-state index contributed by atoms with van der Waals surface area (Å²) in [5.74, 6) is 0.693. The Hall–Kier alpha value is -0.930. The van der Waals surface area contributed by atoms with Crippen molar-refractivity contribution >= 4 is 0 Å². The van der Waals surface area contributed by atoms with Crippen LogP contribution in [-0.4, -0.2) is 24.7 Å². The molecule has 1 aromatic heterocycles. The highest BCUT2D eigenvalue weighted by Crippen LogP contribution is 2.10. The van der Waals surface area contributed by atoms with Crippen LogP contribution in [0.3, 0.4) is 0 Å². The fourth-order valence-electron chi connectivity index (χ4n) is 1.65. The highest BCUT2D eigenvalue weighted by atomic mass is 16.5. The summed E-state index contributed by atoms with van der Waals surface area (Å²) in [5, 5.41) is 3.40. The first-order valence-electron chi connectivity index (χ1n) is 5.13. The normalized spacial score (nSPS) is 21.3. The number of hydrogen-bond donors (Lipinski definition) is 1. The van der Waals surface area contributed by atoms with Crippen LogP contribution in [0.2, 0.25) is 0 Å². The molecule has 1 aliphatic rings. The summed E-state index contributed by atoms with van der Waals surface area (Å²) in [4.78, 5) is 4.25. The first-order valence-corrected chi connectivity index (χ1v) is 5.13. The summed E-state index contributed by atoms with van der Waals surface area (Å²) < 4.78 is 5.30. The minimum Gasteiger partial charge on any atom is -0.381 e. The van der Waals surface area contributed by atoms with Crippen LogP contribution >= 0.6 is 0 Å². The van der Waals surface area contributed by atoms with E-state index in [1.165, 1.54) is 6.42 Å². The van der Waals surface area contributed by atoms with E-state index in [-0.39, 0.29) is 0 Å². The smallest absolute Gasteiger partial charge is 0.0541 e. The third kappa shape index (κ3) is 2.79. The summed E-state index contributed by atoms with van der Waals surface area (Å²) in [7, 11) is 0. The molecule has 0 aromatic carbocycles. The van der Waals surface area contributed by atoms with E-state index in [0.29, 0.717) is 5.92 Å². The van der Waals surface area contributed by atoms with Crippen LogP contribution in [0.5, 0.6) is 0 Å². The van der Waals surface area contributed by atoms with Gasteiger partial charge in [-0.2, -0.15) is 0 Å². The number of aromatic nitrogens is 1. The first kappa shape index (κ1) is 9.62. The first-order chi connectivity index (χ1) is 6.95. The molecule has 1 atom stereocenters. The molecule has 1 aliphatic heterocycles. The van der Waals surface area contributed by atoms with Gasteiger partial charge in [0, 0.05) is 25.9 Å². The molecule has 0 spiro atoms. The molecule has 3 heteroatoms. The molecule has 1 fully saturated rings. The Kier molecular flexibility index (Phi) is 3.49. The highest BCUT2D eigenvalue weighted by molar-refractivity contribution is 5.02. The molecule has 76 valence electrons. The number of nitrogens with zero attached hydrogens (tertiary/aromatic N) is 1. The van der Waals surface area contributed by atoms with Crippen molar-refractivity contribution in [1.29, 1.82) is 0 Å². The predicted molar refractivity (Wildman–Crippen MR) is 54.9 cm³/mol. The SMILES string of the molecule is c1ccc(CNCC2CCOC2)nc1. The second-order valence-electron chi connectivity index (χ2n) is 3.68. The second kappa shape index (κ2) is 5.08. The van der Waals surface area contributed by atoms with E-state index >= 15 is 0 Å². The van der Waals surface area contributed by atoms with Gasteiger partial charge in [0.05, 0.1) is 12.3 Å². The van der Waals surface area contributed by atoms with Crippen LogP contribution in [0.4, 0.5) is 0 Å². The minimum atomic E-state index is 0.693. The Balaban J connectivity index is 1.67. The molecule has 0 radical (unpaired) electrons. The van der Waals surface area contributed by atoms with Gasteiger partial charge in [0.15, 0.2) is 0 Å². The average Bonchev–Trinajstić information content (AvgIpc) is 2.72. The predicted octanol–water partition coefficient (Wildman–Crippen LogP) is 1.21. The molecule has 1 unspecified atom stereocenters. The summed E-state index contributed by atoms with van der Waals surface area (Å²) >= 11 is 0. The lowest BCUT2D eigenvalue weighted by Crippen LogP contribution is -2.22. The molecule has 1 saturated heterocycles. The van der Waals surface area contributed by atoms with E-state index in [1.54, 1.807) is 0 Å². The van der Waals surface area contributed by atoms with Crippen LogP contribution in [0.1, 0.15) is 12.1 Å². The van der Waals surface area contributed by atoms with Crippen molar-refractivity contribution in [3.8, 4) is 0 Å². The lowest BCUT2D eigenvalue weighted by Gasteiger charge is -2.08. The van der Waals surface area contributed by atoms with E-state index in [4.69, 9.17) is 4.74 Å². The molecule has 1 aromatic rings. The van der Waals surface area contributed by atoms with Crippen LogP contribution < -0.4 is 5.32 Å². The van der Waals surface area contributed by atoms with Crippen LogP contribution in [0, 0.1) is 5.92 Å². The standard InChI is InChI=1S/C11H16N2O/c1-2-5-13-11(3-1)8-12-7-10-4-6-14-9-10/h1-3,5,10,12H,4,6-9H2. The van der Waals surface area contributed by atoms with Crippen LogP contribution in [0.15, 0.2) is 24.4 Å². The molecule has 0 bridgehead atoms. The van der Waals surface area contributed by atoms with Gasteiger partial charge in [0.1, 0.15) is 0 Å². The van der Waals surface area contributed by atoms with Gasteiger partial charge in [-0.1, -0.05) is 6.07 Å². The lowest BCUT2D eigenvalue weighted by atomic mass is 10.1. The monoisotopic (exact) mass is 192 g/mol. The third-order valence-corrected chi connectivity index (χ3v) is 2.49. The quantitative estimate of drug-likeness (QED) is 0.778. The van der Waals surface area contributed by atoms with Gasteiger partial charge in [-0.25, -0.2) is 0 Å². The molecular weight excluding hydrogens is 176 g/mol. The fourth-order valence-corrected chi connectivity index (χ4v) is 1.65. The maximum absolute atomic E-state index is 5.30. The van der Waals surface area contributed by atoms with Crippen molar-refractivity contribution in [2.24, 2.45) is 5.92 Å². The maximum atomic E-state index is 5.30. The van der Waals surface area contributed by atoms with Gasteiger partial charge < -0.3 is 10.1 Å². The Morgan fingerprint density at radius 1 is 1.50 bits per heavy atom. The van der Waals surface area contributed by atoms with E-state index in [1.807, 2.05) is 24.4 Å². The van der Waals surface area contributed by atoms with Gasteiger partial charge in [-0.15, -0.1) is 0 Å². The van der Waals surface area contributed by atoms with Crippen LogP contribution in [0.25, 0.3) is 0 Å². The third-order valence-electron chi connectivity index (χ3n) is 2.49. The van der Waals surface area contributed by atoms with Crippen molar-refractivity contribution in [2.45, 2.75) is 13.0 Å². The Labute approximate surface area is 84.5 Å². The molecule has 14 heavy (non-hydrogen) atoms. The van der Waals surface area contributed by atoms with Gasteiger partial charge in [0.25, 0.3) is 0 Å². The van der Waals surface area contributed by atoms with Gasteiger partial charge >= 0.3 is 0 Å². The molecule has 3 nitrogen and oxygen atoms in total. The van der Waals surface area contributed by atoms with Crippen molar-refractivity contribution in [1.82, 2.24) is 10.3 Å². The van der Waals surface area contributed by atoms with Crippen molar-refractivity contribution in [3.05, 3.63) is 30.1 Å². The molecule has 2 heterocycles. The zero-order chi connectivity index (χ0) is 9.64. The van der Waals surface area contributed by atoms with E-state index in [0.717, 1.165) is 32.0 Å². The molecule has 0 saturated carbocycles. The summed E-state index contributed by atoms with van der Waals surface area (Å²) in [6.07, 6.45) is 3.02. The molecule has 0 amide bonds. The lowest BCUT2D eigenvalue weighted by molar-refractivity contribution is 0.185.